The molecule has 0 spiro atoms. The Morgan fingerprint density at radius 2 is 2.07 bits per heavy atom. The van der Waals surface area contributed by atoms with Crippen molar-refractivity contribution in [1.82, 2.24) is 4.90 Å². The van der Waals surface area contributed by atoms with E-state index in [1.807, 2.05) is 7.05 Å². The molecule has 0 aromatic heterocycles. The first-order chi connectivity index (χ1) is 6.33. The van der Waals surface area contributed by atoms with Crippen molar-refractivity contribution in [2.45, 2.75) is 45.8 Å². The van der Waals surface area contributed by atoms with E-state index in [0.717, 1.165) is 13.0 Å². The summed E-state index contributed by atoms with van der Waals surface area (Å²) >= 11 is 0. The Kier molecular flexibility index (Phi) is 3.20. The van der Waals surface area contributed by atoms with E-state index in [4.69, 9.17) is 10.1 Å². The first-order valence-electron chi connectivity index (χ1n) is 5.29. The van der Waals surface area contributed by atoms with Gasteiger partial charge in [0.15, 0.2) is 0 Å². The lowest BCUT2D eigenvalue weighted by molar-refractivity contribution is 0.0346. The maximum absolute atomic E-state index is 7.91. The maximum Gasteiger partial charge on any atom is 0.0984 e. The third-order valence-corrected chi connectivity index (χ3v) is 2.87. The minimum atomic E-state index is -0.0177. The van der Waals surface area contributed by atoms with Crippen molar-refractivity contribution in [2.75, 3.05) is 13.7 Å². The molecule has 3 heteroatoms. The lowest BCUT2D eigenvalue weighted by Crippen LogP contribution is -2.39. The van der Waals surface area contributed by atoms with Gasteiger partial charge in [-0.25, -0.2) is 0 Å². The molecule has 0 aliphatic carbocycles. The molecule has 0 bridgehead atoms. The van der Waals surface area contributed by atoms with Crippen LogP contribution in [0.5, 0.6) is 0 Å². The first-order valence-corrected chi connectivity index (χ1v) is 5.29. The summed E-state index contributed by atoms with van der Waals surface area (Å²) in [7, 11) is 2.00. The molecule has 1 saturated heterocycles. The first kappa shape index (κ1) is 11.5. The zero-order chi connectivity index (χ0) is 10.9. The Morgan fingerprint density at radius 3 is 2.43 bits per heavy atom. The number of amidine groups is 1. The van der Waals surface area contributed by atoms with Crippen LogP contribution < -0.4 is 0 Å². The molecule has 3 nitrogen and oxygen atoms in total. The smallest absolute Gasteiger partial charge is 0.0984 e. The maximum atomic E-state index is 7.91. The summed E-state index contributed by atoms with van der Waals surface area (Å²) in [6, 6.07) is 0.375. The van der Waals surface area contributed by atoms with Crippen molar-refractivity contribution < 1.29 is 4.74 Å². The minimum Gasteiger partial charge on any atom is -0.373 e. The second-order valence-electron chi connectivity index (χ2n) is 5.08. The van der Waals surface area contributed by atoms with E-state index in [-0.39, 0.29) is 5.60 Å². The van der Waals surface area contributed by atoms with E-state index in [1.165, 1.54) is 0 Å². The van der Waals surface area contributed by atoms with E-state index < -0.39 is 0 Å². The molecule has 1 heterocycles. The summed E-state index contributed by atoms with van der Waals surface area (Å²) in [6.07, 6.45) is 1.01. The number of hydrogen-bond acceptors (Lipinski definition) is 2. The van der Waals surface area contributed by atoms with Gasteiger partial charge < -0.3 is 9.64 Å². The average molecular weight is 198 g/mol. The highest BCUT2D eigenvalue weighted by molar-refractivity contribution is 5.81. The Balaban J connectivity index is 2.55. The topological polar surface area (TPSA) is 36.3 Å². The summed E-state index contributed by atoms with van der Waals surface area (Å²) in [5.41, 5.74) is -0.0177. The summed E-state index contributed by atoms with van der Waals surface area (Å²) in [4.78, 5) is 2.05. The van der Waals surface area contributed by atoms with Gasteiger partial charge in [0.2, 0.25) is 0 Å². The van der Waals surface area contributed by atoms with Gasteiger partial charge in [0, 0.05) is 13.0 Å². The number of likely N-dealkylation sites (N-methyl/N-ethyl adjacent to an activating group) is 1. The summed E-state index contributed by atoms with van der Waals surface area (Å²) in [5, 5.41) is 7.91. The van der Waals surface area contributed by atoms with Gasteiger partial charge in [-0.05, 0) is 20.3 Å². The molecule has 1 aliphatic heterocycles. The quantitative estimate of drug-likeness (QED) is 0.545. The van der Waals surface area contributed by atoms with E-state index in [9.17, 15) is 0 Å². The lowest BCUT2D eigenvalue weighted by Gasteiger charge is -2.28. The largest absolute Gasteiger partial charge is 0.373 e. The van der Waals surface area contributed by atoms with Gasteiger partial charge in [0.25, 0.3) is 0 Å². The predicted octanol–water partition coefficient (Wildman–Crippen LogP) is 2.12. The van der Waals surface area contributed by atoms with Crippen LogP contribution in [0.1, 0.15) is 34.1 Å². The fourth-order valence-electron chi connectivity index (χ4n) is 1.86. The molecule has 1 aliphatic rings. The fourth-order valence-corrected chi connectivity index (χ4v) is 1.86. The van der Waals surface area contributed by atoms with Crippen LogP contribution in [0.25, 0.3) is 0 Å². The van der Waals surface area contributed by atoms with Crippen LogP contribution in [0.3, 0.4) is 0 Å². The van der Waals surface area contributed by atoms with Gasteiger partial charge in [-0.3, -0.25) is 5.41 Å². The van der Waals surface area contributed by atoms with E-state index >= 15 is 0 Å². The molecular weight excluding hydrogens is 176 g/mol. The zero-order valence-electron chi connectivity index (χ0n) is 9.92. The van der Waals surface area contributed by atoms with Gasteiger partial charge >= 0.3 is 0 Å². The van der Waals surface area contributed by atoms with E-state index in [2.05, 4.69) is 32.6 Å². The Morgan fingerprint density at radius 1 is 1.50 bits per heavy atom. The van der Waals surface area contributed by atoms with Crippen LogP contribution in [-0.4, -0.2) is 36.0 Å². The van der Waals surface area contributed by atoms with E-state index in [1.54, 1.807) is 0 Å². The van der Waals surface area contributed by atoms with Gasteiger partial charge in [-0.15, -0.1) is 0 Å². The summed E-state index contributed by atoms with van der Waals surface area (Å²) < 4.78 is 5.67. The number of nitrogens with zero attached hydrogens (tertiary/aromatic N) is 1. The summed E-state index contributed by atoms with van der Waals surface area (Å²) in [5.74, 6) is 1.00. The van der Waals surface area contributed by atoms with Gasteiger partial charge in [0.05, 0.1) is 24.1 Å². The lowest BCUT2D eigenvalue weighted by atomic mass is 10.0. The second-order valence-corrected chi connectivity index (χ2v) is 5.08. The highest BCUT2D eigenvalue weighted by atomic mass is 16.5. The van der Waals surface area contributed by atoms with Crippen molar-refractivity contribution in [3.63, 3.8) is 0 Å². The third kappa shape index (κ3) is 2.47. The Hall–Kier alpha value is -0.570. The zero-order valence-corrected chi connectivity index (χ0v) is 9.92. The molecule has 1 N–H and O–H groups in total. The van der Waals surface area contributed by atoms with Crippen molar-refractivity contribution in [2.24, 2.45) is 5.92 Å². The van der Waals surface area contributed by atoms with Crippen molar-refractivity contribution in [3.05, 3.63) is 0 Å². The SMILES string of the molecule is CC(C)C(=N)N(C)C1COC(C)(C)C1. The molecule has 14 heavy (non-hydrogen) atoms. The Bertz CT molecular complexity index is 223. The second kappa shape index (κ2) is 3.89. The van der Waals surface area contributed by atoms with Crippen LogP contribution >= 0.6 is 0 Å². The molecule has 0 amide bonds. The number of rotatable bonds is 2. The van der Waals surface area contributed by atoms with Crippen LogP contribution in [0.4, 0.5) is 0 Å². The monoisotopic (exact) mass is 198 g/mol. The molecule has 0 aromatic carbocycles. The normalized spacial score (nSPS) is 25.4. The highest BCUT2D eigenvalue weighted by Gasteiger charge is 2.35. The molecule has 1 fully saturated rings. The van der Waals surface area contributed by atoms with Crippen LogP contribution in [-0.2, 0) is 4.74 Å². The molecule has 0 aromatic rings. The third-order valence-electron chi connectivity index (χ3n) is 2.87. The number of ether oxygens (including phenoxy) is 1. The fraction of sp³-hybridized carbons (Fsp3) is 0.909. The molecule has 1 atom stereocenters. The van der Waals surface area contributed by atoms with Gasteiger partial charge in [0.1, 0.15) is 0 Å². The number of nitrogens with one attached hydrogen (secondary N) is 1. The molecule has 0 saturated carbocycles. The summed E-state index contributed by atoms with van der Waals surface area (Å²) in [6.45, 7) is 9.08. The number of hydrogen-bond donors (Lipinski definition) is 1. The van der Waals surface area contributed by atoms with Crippen molar-refractivity contribution in [1.29, 1.82) is 5.41 Å². The molecule has 82 valence electrons. The average Bonchev–Trinajstić information content (AvgIpc) is 2.43. The van der Waals surface area contributed by atoms with Crippen molar-refractivity contribution >= 4 is 5.84 Å². The minimum absolute atomic E-state index is 0.0177. The Labute approximate surface area is 86.9 Å². The predicted molar refractivity (Wildman–Crippen MR) is 58.8 cm³/mol. The van der Waals surface area contributed by atoms with Crippen LogP contribution in [0.15, 0.2) is 0 Å². The molecule has 1 rings (SSSR count). The van der Waals surface area contributed by atoms with Gasteiger partial charge in [-0.1, -0.05) is 13.8 Å². The van der Waals surface area contributed by atoms with Gasteiger partial charge in [-0.2, -0.15) is 0 Å². The highest BCUT2D eigenvalue weighted by Crippen LogP contribution is 2.27. The van der Waals surface area contributed by atoms with Crippen LogP contribution in [0.2, 0.25) is 0 Å². The van der Waals surface area contributed by atoms with Crippen molar-refractivity contribution in [3.8, 4) is 0 Å². The van der Waals surface area contributed by atoms with E-state index in [0.29, 0.717) is 17.8 Å². The molecular formula is C11H22N2O. The standard InChI is InChI=1S/C11H22N2O/c1-8(2)10(12)13(5)9-6-11(3,4)14-7-9/h8-9,12H,6-7H2,1-5H3. The molecule has 1 unspecified atom stereocenters. The molecule has 0 radical (unpaired) electrons. The van der Waals surface area contributed by atoms with Crippen LogP contribution in [0, 0.1) is 11.3 Å².